The monoisotopic (exact) mass is 336 g/mol. The van der Waals surface area contributed by atoms with E-state index in [0.717, 1.165) is 35.1 Å². The van der Waals surface area contributed by atoms with Gasteiger partial charge in [-0.3, -0.25) is 10.6 Å². The standard InChI is InChI=1S/C18H28N2O4/c1-7-9-23-17(21)19-15-12(4)11(3)13(5)16(14(15)6)20-18(22)24-10-8-2/h7-10H2,1-6H3,(H,19,21)(H,20,22). The molecule has 6 heteroatoms. The average molecular weight is 336 g/mol. The lowest BCUT2D eigenvalue weighted by Crippen LogP contribution is -2.20. The smallest absolute Gasteiger partial charge is 0.411 e. The lowest BCUT2D eigenvalue weighted by Gasteiger charge is -2.21. The Balaban J connectivity index is 3.12. The van der Waals surface area contributed by atoms with Crippen LogP contribution in [0.3, 0.4) is 0 Å². The van der Waals surface area contributed by atoms with Crippen LogP contribution in [0.5, 0.6) is 0 Å². The van der Waals surface area contributed by atoms with E-state index in [4.69, 9.17) is 9.47 Å². The van der Waals surface area contributed by atoms with Crippen molar-refractivity contribution in [1.82, 2.24) is 0 Å². The third kappa shape index (κ3) is 4.88. The van der Waals surface area contributed by atoms with Crippen LogP contribution in [0.4, 0.5) is 21.0 Å². The SMILES string of the molecule is CCCOC(=O)Nc1c(C)c(C)c(C)c(NC(=O)OCCC)c1C. The first-order chi connectivity index (χ1) is 11.3. The Bertz CT molecular complexity index is 563. The van der Waals surface area contributed by atoms with Crippen molar-refractivity contribution in [2.24, 2.45) is 0 Å². The van der Waals surface area contributed by atoms with E-state index < -0.39 is 12.2 Å². The summed E-state index contributed by atoms with van der Waals surface area (Å²) >= 11 is 0. The summed E-state index contributed by atoms with van der Waals surface area (Å²) in [7, 11) is 0. The van der Waals surface area contributed by atoms with Crippen LogP contribution in [0.1, 0.15) is 48.9 Å². The van der Waals surface area contributed by atoms with Crippen molar-refractivity contribution < 1.29 is 19.1 Å². The Morgan fingerprint density at radius 3 is 1.42 bits per heavy atom. The molecule has 0 spiro atoms. The second-order valence-electron chi connectivity index (χ2n) is 5.77. The van der Waals surface area contributed by atoms with Crippen molar-refractivity contribution in [3.63, 3.8) is 0 Å². The number of ether oxygens (including phenoxy) is 2. The predicted octanol–water partition coefficient (Wildman–Crippen LogP) is 4.84. The van der Waals surface area contributed by atoms with Crippen LogP contribution in [0.25, 0.3) is 0 Å². The fourth-order valence-electron chi connectivity index (χ4n) is 2.38. The minimum atomic E-state index is -0.495. The molecule has 0 heterocycles. The van der Waals surface area contributed by atoms with Gasteiger partial charge in [-0.1, -0.05) is 13.8 Å². The van der Waals surface area contributed by atoms with Gasteiger partial charge in [0.15, 0.2) is 0 Å². The highest BCUT2D eigenvalue weighted by Gasteiger charge is 2.18. The Morgan fingerprint density at radius 2 is 1.08 bits per heavy atom. The third-order valence-electron chi connectivity index (χ3n) is 3.95. The van der Waals surface area contributed by atoms with Gasteiger partial charge in [0.1, 0.15) is 0 Å². The first kappa shape index (κ1) is 19.8. The number of carbonyl (C=O) groups excluding carboxylic acids is 2. The number of hydrogen-bond donors (Lipinski definition) is 2. The molecule has 0 bridgehead atoms. The highest BCUT2D eigenvalue weighted by atomic mass is 16.6. The summed E-state index contributed by atoms with van der Waals surface area (Å²) in [6.07, 6.45) is 0.527. The zero-order chi connectivity index (χ0) is 18.3. The summed E-state index contributed by atoms with van der Waals surface area (Å²) in [5, 5.41) is 5.57. The molecular weight excluding hydrogens is 308 g/mol. The van der Waals surface area contributed by atoms with Crippen molar-refractivity contribution >= 4 is 23.6 Å². The van der Waals surface area contributed by atoms with Gasteiger partial charge < -0.3 is 9.47 Å². The molecule has 1 aromatic carbocycles. The molecule has 6 nitrogen and oxygen atoms in total. The second-order valence-corrected chi connectivity index (χ2v) is 5.77. The van der Waals surface area contributed by atoms with Gasteiger partial charge in [-0.2, -0.15) is 0 Å². The van der Waals surface area contributed by atoms with Gasteiger partial charge in [0, 0.05) is 0 Å². The van der Waals surface area contributed by atoms with Gasteiger partial charge in [-0.25, -0.2) is 9.59 Å². The van der Waals surface area contributed by atoms with Crippen LogP contribution in [-0.2, 0) is 9.47 Å². The van der Waals surface area contributed by atoms with Gasteiger partial charge in [0.2, 0.25) is 0 Å². The summed E-state index contributed by atoms with van der Waals surface area (Å²) in [6.45, 7) is 12.3. The van der Waals surface area contributed by atoms with Crippen LogP contribution in [-0.4, -0.2) is 25.4 Å². The zero-order valence-electron chi connectivity index (χ0n) is 15.5. The molecule has 1 rings (SSSR count). The fraction of sp³-hybridized carbons (Fsp3) is 0.556. The minimum absolute atomic E-state index is 0.364. The molecule has 0 radical (unpaired) electrons. The average Bonchev–Trinajstić information content (AvgIpc) is 2.57. The van der Waals surface area contributed by atoms with Crippen LogP contribution in [0.15, 0.2) is 0 Å². The topological polar surface area (TPSA) is 76.7 Å². The maximum absolute atomic E-state index is 11.9. The number of nitrogens with one attached hydrogen (secondary N) is 2. The Labute approximate surface area is 143 Å². The molecule has 0 aliphatic carbocycles. The third-order valence-corrected chi connectivity index (χ3v) is 3.95. The maximum atomic E-state index is 11.9. The Morgan fingerprint density at radius 1 is 0.708 bits per heavy atom. The van der Waals surface area contributed by atoms with E-state index in [2.05, 4.69) is 10.6 Å². The van der Waals surface area contributed by atoms with Crippen molar-refractivity contribution in [1.29, 1.82) is 0 Å². The summed E-state index contributed by atoms with van der Waals surface area (Å²) < 4.78 is 10.2. The lowest BCUT2D eigenvalue weighted by atomic mass is 9.96. The van der Waals surface area contributed by atoms with E-state index >= 15 is 0 Å². The largest absolute Gasteiger partial charge is 0.449 e. The summed E-state index contributed by atoms with van der Waals surface area (Å²) in [5.41, 5.74) is 4.99. The first-order valence-corrected chi connectivity index (χ1v) is 8.31. The summed E-state index contributed by atoms with van der Waals surface area (Å²) in [6, 6.07) is 0. The van der Waals surface area contributed by atoms with Crippen LogP contribution in [0, 0.1) is 27.7 Å². The number of anilines is 2. The predicted molar refractivity (Wildman–Crippen MR) is 95.9 cm³/mol. The highest BCUT2D eigenvalue weighted by Crippen LogP contribution is 2.34. The zero-order valence-corrected chi connectivity index (χ0v) is 15.5. The van der Waals surface area contributed by atoms with E-state index in [1.165, 1.54) is 0 Å². The van der Waals surface area contributed by atoms with E-state index in [0.29, 0.717) is 24.6 Å². The molecule has 134 valence electrons. The Hall–Kier alpha value is -2.24. The number of hydrogen-bond acceptors (Lipinski definition) is 4. The molecule has 1 aromatic rings. The molecule has 0 fully saturated rings. The molecule has 2 amide bonds. The number of carbonyl (C=O) groups is 2. The first-order valence-electron chi connectivity index (χ1n) is 8.31. The molecule has 0 atom stereocenters. The van der Waals surface area contributed by atoms with Gasteiger partial charge in [0.05, 0.1) is 24.6 Å². The van der Waals surface area contributed by atoms with Gasteiger partial charge in [0.25, 0.3) is 0 Å². The van der Waals surface area contributed by atoms with E-state index in [1.54, 1.807) is 0 Å². The molecule has 24 heavy (non-hydrogen) atoms. The van der Waals surface area contributed by atoms with Crippen LogP contribution >= 0.6 is 0 Å². The van der Waals surface area contributed by atoms with E-state index in [-0.39, 0.29) is 0 Å². The van der Waals surface area contributed by atoms with Gasteiger partial charge in [-0.15, -0.1) is 0 Å². The summed E-state index contributed by atoms with van der Waals surface area (Å²) in [5.74, 6) is 0. The van der Waals surface area contributed by atoms with Crippen molar-refractivity contribution in [3.05, 3.63) is 22.3 Å². The quantitative estimate of drug-likeness (QED) is 0.779. The molecule has 0 aromatic heterocycles. The van der Waals surface area contributed by atoms with E-state index in [9.17, 15) is 9.59 Å². The second kappa shape index (κ2) is 9.15. The van der Waals surface area contributed by atoms with Crippen molar-refractivity contribution in [2.75, 3.05) is 23.8 Å². The van der Waals surface area contributed by atoms with E-state index in [1.807, 2.05) is 41.5 Å². The van der Waals surface area contributed by atoms with Crippen LogP contribution < -0.4 is 10.6 Å². The van der Waals surface area contributed by atoms with Gasteiger partial charge >= 0.3 is 12.2 Å². The molecule has 0 saturated carbocycles. The minimum Gasteiger partial charge on any atom is -0.449 e. The van der Waals surface area contributed by atoms with Crippen LogP contribution in [0.2, 0.25) is 0 Å². The van der Waals surface area contributed by atoms with Gasteiger partial charge in [-0.05, 0) is 62.8 Å². The highest BCUT2D eigenvalue weighted by molar-refractivity contribution is 5.93. The molecule has 2 N–H and O–H groups in total. The lowest BCUT2D eigenvalue weighted by molar-refractivity contribution is 0.161. The molecular formula is C18H28N2O4. The Kier molecular flexibility index (Phi) is 7.55. The molecule has 0 saturated heterocycles. The van der Waals surface area contributed by atoms with Crippen molar-refractivity contribution in [3.8, 4) is 0 Å². The number of amides is 2. The number of rotatable bonds is 6. The molecule has 0 aliphatic rings. The maximum Gasteiger partial charge on any atom is 0.411 e. The number of benzene rings is 1. The fourth-order valence-corrected chi connectivity index (χ4v) is 2.38. The molecule has 0 unspecified atom stereocenters. The summed E-state index contributed by atoms with van der Waals surface area (Å²) in [4.78, 5) is 23.8. The normalized spacial score (nSPS) is 10.2. The molecule has 0 aliphatic heterocycles. The van der Waals surface area contributed by atoms with Crippen molar-refractivity contribution in [2.45, 2.75) is 54.4 Å².